The largest absolute Gasteiger partial charge is 0.497 e. The van der Waals surface area contributed by atoms with Crippen LogP contribution in [-0.2, 0) is 6.54 Å². The number of hydrogen-bond donors (Lipinski definition) is 1. The van der Waals surface area contributed by atoms with Crippen molar-refractivity contribution in [3.05, 3.63) is 76.6 Å². The van der Waals surface area contributed by atoms with Crippen LogP contribution in [0.25, 0.3) is 0 Å². The molecule has 1 N–H and O–H groups in total. The molecule has 8 heteroatoms. The molecule has 0 aliphatic heterocycles. The summed E-state index contributed by atoms with van der Waals surface area (Å²) in [5.74, 6) is 0.854. The molecule has 0 fully saturated rings. The molecule has 0 bridgehead atoms. The smallest absolute Gasteiger partial charge is 0.291 e. The fraction of sp³-hybridized carbons (Fsp3) is 0.150. The van der Waals surface area contributed by atoms with Gasteiger partial charge < -0.3 is 9.47 Å². The van der Waals surface area contributed by atoms with Crippen LogP contribution in [-0.4, -0.2) is 36.1 Å². The fourth-order valence-electron chi connectivity index (χ4n) is 2.49. The Morgan fingerprint density at radius 2 is 1.96 bits per heavy atom. The third kappa shape index (κ3) is 4.89. The number of nitrogens with zero attached hydrogens (tertiary/aromatic N) is 3. The van der Waals surface area contributed by atoms with Gasteiger partial charge in [0.2, 0.25) is 0 Å². The van der Waals surface area contributed by atoms with Gasteiger partial charge in [0.15, 0.2) is 5.69 Å². The molecule has 28 heavy (non-hydrogen) atoms. The lowest BCUT2D eigenvalue weighted by Gasteiger charge is -2.06. The minimum Gasteiger partial charge on any atom is -0.497 e. The quantitative estimate of drug-likeness (QED) is 0.489. The second-order valence-electron chi connectivity index (χ2n) is 5.83. The zero-order valence-electron chi connectivity index (χ0n) is 15.4. The van der Waals surface area contributed by atoms with Gasteiger partial charge in [0.1, 0.15) is 11.5 Å². The molecule has 0 atom stereocenters. The highest BCUT2D eigenvalue weighted by molar-refractivity contribution is 6.30. The molecule has 0 saturated heterocycles. The average molecular weight is 399 g/mol. The molecule has 0 spiro atoms. The number of nitrogens with one attached hydrogen (secondary N) is 1. The Hall–Kier alpha value is -3.32. The number of hydrazone groups is 1. The first kappa shape index (κ1) is 19.4. The lowest BCUT2D eigenvalue weighted by Crippen LogP contribution is -2.18. The summed E-state index contributed by atoms with van der Waals surface area (Å²) in [6.45, 7) is 0.538. The van der Waals surface area contributed by atoms with Gasteiger partial charge in [-0.05, 0) is 35.9 Å². The summed E-state index contributed by atoms with van der Waals surface area (Å²) < 4.78 is 12.1. The number of carbonyl (C=O) groups excluding carboxylic acids is 1. The van der Waals surface area contributed by atoms with Crippen LogP contribution in [0.3, 0.4) is 0 Å². The molecule has 7 nitrogen and oxygen atoms in total. The monoisotopic (exact) mass is 398 g/mol. The molecule has 1 amide bonds. The maximum Gasteiger partial charge on any atom is 0.291 e. The highest BCUT2D eigenvalue weighted by Crippen LogP contribution is 2.23. The van der Waals surface area contributed by atoms with Gasteiger partial charge in [0.25, 0.3) is 5.91 Å². The maximum atomic E-state index is 12.2. The van der Waals surface area contributed by atoms with Crippen LogP contribution in [0.2, 0.25) is 5.02 Å². The summed E-state index contributed by atoms with van der Waals surface area (Å²) in [4.78, 5) is 12.2. The van der Waals surface area contributed by atoms with Crippen LogP contribution in [0.5, 0.6) is 11.5 Å². The average Bonchev–Trinajstić information content (AvgIpc) is 3.18. The number of methoxy groups -OCH3 is 2. The SMILES string of the molecule is COc1ccc(/C=N/NC(=O)c2ccn(Cc3ccc(Cl)cc3)n2)c(OC)c1. The van der Waals surface area contributed by atoms with Gasteiger partial charge in [-0.15, -0.1) is 0 Å². The number of hydrogen-bond acceptors (Lipinski definition) is 5. The summed E-state index contributed by atoms with van der Waals surface area (Å²) in [6.07, 6.45) is 3.24. The molecule has 0 aliphatic rings. The fourth-order valence-corrected chi connectivity index (χ4v) is 2.62. The number of aromatic nitrogens is 2. The molecular weight excluding hydrogens is 380 g/mol. The van der Waals surface area contributed by atoms with Crippen molar-refractivity contribution in [2.45, 2.75) is 6.54 Å². The Morgan fingerprint density at radius 3 is 2.68 bits per heavy atom. The van der Waals surface area contributed by atoms with Crippen LogP contribution in [0.15, 0.2) is 59.8 Å². The van der Waals surface area contributed by atoms with Gasteiger partial charge in [-0.1, -0.05) is 23.7 Å². The zero-order valence-corrected chi connectivity index (χ0v) is 16.2. The summed E-state index contributed by atoms with van der Waals surface area (Å²) in [5, 5.41) is 8.92. The van der Waals surface area contributed by atoms with Crippen LogP contribution in [0.1, 0.15) is 21.6 Å². The van der Waals surface area contributed by atoms with Gasteiger partial charge in [-0.2, -0.15) is 10.2 Å². The second kappa shape index (κ2) is 9.05. The van der Waals surface area contributed by atoms with E-state index in [0.29, 0.717) is 28.6 Å². The van der Waals surface area contributed by atoms with E-state index in [1.54, 1.807) is 49.4 Å². The molecule has 3 rings (SSSR count). The highest BCUT2D eigenvalue weighted by atomic mass is 35.5. The minimum absolute atomic E-state index is 0.271. The van der Waals surface area contributed by atoms with Crippen LogP contribution in [0, 0.1) is 0 Å². The number of benzene rings is 2. The van der Waals surface area contributed by atoms with E-state index < -0.39 is 5.91 Å². The number of carbonyl (C=O) groups is 1. The summed E-state index contributed by atoms with van der Waals surface area (Å²) in [7, 11) is 3.13. The van der Waals surface area contributed by atoms with E-state index in [4.69, 9.17) is 21.1 Å². The van der Waals surface area contributed by atoms with E-state index in [1.165, 1.54) is 6.21 Å². The van der Waals surface area contributed by atoms with Crippen molar-refractivity contribution in [1.29, 1.82) is 0 Å². The molecule has 0 saturated carbocycles. The van der Waals surface area contributed by atoms with Gasteiger partial charge in [-0.3, -0.25) is 9.48 Å². The maximum absolute atomic E-state index is 12.2. The zero-order chi connectivity index (χ0) is 19.9. The summed E-state index contributed by atoms with van der Waals surface area (Å²) >= 11 is 5.88. The molecule has 1 aromatic heterocycles. The Bertz CT molecular complexity index is 983. The van der Waals surface area contributed by atoms with Crippen molar-refractivity contribution in [1.82, 2.24) is 15.2 Å². The standard InChI is InChI=1S/C20H19ClN4O3/c1-27-17-8-5-15(19(11-17)28-2)12-22-23-20(26)18-9-10-25(24-18)13-14-3-6-16(21)7-4-14/h3-12H,13H2,1-2H3,(H,23,26)/b22-12+. The molecule has 1 heterocycles. The van der Waals surface area contributed by atoms with E-state index in [1.807, 2.05) is 24.3 Å². The van der Waals surface area contributed by atoms with E-state index in [-0.39, 0.29) is 5.69 Å². The predicted octanol–water partition coefficient (Wildman–Crippen LogP) is 3.37. The van der Waals surface area contributed by atoms with Crippen LogP contribution >= 0.6 is 11.6 Å². The van der Waals surface area contributed by atoms with Crippen molar-refractivity contribution in [3.8, 4) is 11.5 Å². The Morgan fingerprint density at radius 1 is 1.18 bits per heavy atom. The molecule has 0 aliphatic carbocycles. The minimum atomic E-state index is -0.404. The molecule has 3 aromatic rings. The second-order valence-corrected chi connectivity index (χ2v) is 6.27. The summed E-state index contributed by atoms with van der Waals surface area (Å²) in [5.41, 5.74) is 4.47. The van der Waals surface area contributed by atoms with Crippen LogP contribution < -0.4 is 14.9 Å². The van der Waals surface area contributed by atoms with Crippen molar-refractivity contribution in [3.63, 3.8) is 0 Å². The predicted molar refractivity (Wildman–Crippen MR) is 107 cm³/mol. The Labute approximate surface area is 167 Å². The number of halogens is 1. The highest BCUT2D eigenvalue weighted by Gasteiger charge is 2.09. The van der Waals surface area contributed by atoms with Crippen molar-refractivity contribution < 1.29 is 14.3 Å². The number of rotatable bonds is 7. The molecule has 144 valence electrons. The van der Waals surface area contributed by atoms with E-state index >= 15 is 0 Å². The number of ether oxygens (including phenoxy) is 2. The molecule has 0 unspecified atom stereocenters. The first-order valence-electron chi connectivity index (χ1n) is 8.42. The number of amides is 1. The first-order valence-corrected chi connectivity index (χ1v) is 8.80. The normalized spacial score (nSPS) is 10.8. The third-order valence-corrected chi connectivity index (χ3v) is 4.19. The molecular formula is C20H19ClN4O3. The Kier molecular flexibility index (Phi) is 6.29. The van der Waals surface area contributed by atoms with Gasteiger partial charge in [0.05, 0.1) is 27.0 Å². The lowest BCUT2D eigenvalue weighted by molar-refractivity contribution is 0.0949. The topological polar surface area (TPSA) is 77.7 Å². The van der Waals surface area contributed by atoms with Gasteiger partial charge in [0, 0.05) is 22.8 Å². The first-order chi connectivity index (χ1) is 13.6. The van der Waals surface area contributed by atoms with Gasteiger partial charge in [-0.25, -0.2) is 5.43 Å². The lowest BCUT2D eigenvalue weighted by atomic mass is 10.2. The van der Waals surface area contributed by atoms with Crippen molar-refractivity contribution in [2.75, 3.05) is 14.2 Å². The summed E-state index contributed by atoms with van der Waals surface area (Å²) in [6, 6.07) is 14.4. The Balaban J connectivity index is 1.61. The van der Waals surface area contributed by atoms with E-state index in [0.717, 1.165) is 5.56 Å². The van der Waals surface area contributed by atoms with E-state index in [9.17, 15) is 4.79 Å². The van der Waals surface area contributed by atoms with Gasteiger partial charge >= 0.3 is 0 Å². The van der Waals surface area contributed by atoms with Crippen LogP contribution in [0.4, 0.5) is 0 Å². The molecule has 2 aromatic carbocycles. The third-order valence-electron chi connectivity index (χ3n) is 3.94. The van der Waals surface area contributed by atoms with E-state index in [2.05, 4.69) is 15.6 Å². The molecule has 0 radical (unpaired) electrons. The van der Waals surface area contributed by atoms with Crippen molar-refractivity contribution >= 4 is 23.7 Å². The van der Waals surface area contributed by atoms with Crippen molar-refractivity contribution in [2.24, 2.45) is 5.10 Å².